The molecule has 154 valence electrons. The molecule has 0 bridgehead atoms. The van der Waals surface area contributed by atoms with E-state index in [0.717, 1.165) is 43.4 Å². The van der Waals surface area contributed by atoms with Crippen molar-refractivity contribution < 1.29 is 4.79 Å². The van der Waals surface area contributed by atoms with E-state index in [0.29, 0.717) is 15.7 Å². The summed E-state index contributed by atoms with van der Waals surface area (Å²) >= 11 is 3.04. The Morgan fingerprint density at radius 1 is 1.27 bits per heavy atom. The Bertz CT molecular complexity index is 1080. The number of carbonyl (C=O) groups excluding carboxylic acids is 1. The van der Waals surface area contributed by atoms with Gasteiger partial charge in [0.2, 0.25) is 11.9 Å². The van der Waals surface area contributed by atoms with Crippen LogP contribution in [0.3, 0.4) is 0 Å². The van der Waals surface area contributed by atoms with Crippen LogP contribution >= 0.6 is 23.1 Å². The normalized spacial score (nSPS) is 12.9. The summed E-state index contributed by atoms with van der Waals surface area (Å²) in [4.78, 5) is 13.9. The van der Waals surface area contributed by atoms with Gasteiger partial charge in [-0.2, -0.15) is 5.26 Å². The molecule has 0 saturated carbocycles. The molecule has 4 rings (SSSR count). The van der Waals surface area contributed by atoms with E-state index in [2.05, 4.69) is 33.7 Å². The SMILES string of the molecule is N#Cc1c(NC(=O)Cn2c(N)nnc2SCCc2ccccc2)sc2c1CCCC2. The summed E-state index contributed by atoms with van der Waals surface area (Å²) in [7, 11) is 0. The fraction of sp³-hybridized carbons (Fsp3) is 0.333. The van der Waals surface area contributed by atoms with Crippen LogP contribution in [0.15, 0.2) is 35.5 Å². The molecule has 0 aliphatic heterocycles. The second-order valence-corrected chi connectivity index (χ2v) is 9.25. The summed E-state index contributed by atoms with van der Waals surface area (Å²) < 4.78 is 1.62. The van der Waals surface area contributed by atoms with Gasteiger partial charge in [-0.15, -0.1) is 21.5 Å². The molecule has 3 aromatic rings. The highest BCUT2D eigenvalue weighted by Gasteiger charge is 2.22. The van der Waals surface area contributed by atoms with Gasteiger partial charge in [-0.1, -0.05) is 42.1 Å². The standard InChI is InChI=1S/C21H22N6OS2/c22-12-16-15-8-4-5-9-17(15)30-19(16)24-18(28)13-27-20(23)25-26-21(27)29-11-10-14-6-2-1-3-7-14/h1-3,6-7H,4-5,8-11,13H2,(H2,23,25)(H,24,28). The number of thioether (sulfide) groups is 1. The number of anilines is 2. The molecule has 7 nitrogen and oxygen atoms in total. The smallest absolute Gasteiger partial charge is 0.245 e. The average molecular weight is 439 g/mol. The zero-order valence-corrected chi connectivity index (χ0v) is 18.1. The van der Waals surface area contributed by atoms with Gasteiger partial charge >= 0.3 is 0 Å². The van der Waals surface area contributed by atoms with E-state index in [9.17, 15) is 10.1 Å². The molecule has 0 saturated heterocycles. The van der Waals surface area contributed by atoms with Gasteiger partial charge in [-0.3, -0.25) is 9.36 Å². The maximum atomic E-state index is 12.7. The van der Waals surface area contributed by atoms with Crippen LogP contribution in [0.2, 0.25) is 0 Å². The summed E-state index contributed by atoms with van der Waals surface area (Å²) in [6.07, 6.45) is 4.99. The molecule has 3 N–H and O–H groups in total. The van der Waals surface area contributed by atoms with E-state index in [1.165, 1.54) is 33.5 Å². The van der Waals surface area contributed by atoms with Crippen LogP contribution in [0.1, 0.15) is 34.4 Å². The fourth-order valence-corrected chi connectivity index (χ4v) is 5.73. The van der Waals surface area contributed by atoms with Crippen molar-refractivity contribution in [1.82, 2.24) is 14.8 Å². The molecule has 0 radical (unpaired) electrons. The highest BCUT2D eigenvalue weighted by molar-refractivity contribution is 7.99. The largest absolute Gasteiger partial charge is 0.368 e. The third-order valence-electron chi connectivity index (χ3n) is 5.05. The van der Waals surface area contributed by atoms with E-state index < -0.39 is 0 Å². The zero-order chi connectivity index (χ0) is 20.9. The molecule has 0 unspecified atom stereocenters. The lowest BCUT2D eigenvalue weighted by atomic mass is 9.96. The highest BCUT2D eigenvalue weighted by Crippen LogP contribution is 2.37. The molecule has 1 amide bonds. The summed E-state index contributed by atoms with van der Waals surface area (Å²) in [6.45, 7) is 0.0138. The predicted octanol–water partition coefficient (Wildman–Crippen LogP) is 3.65. The van der Waals surface area contributed by atoms with E-state index in [1.54, 1.807) is 4.57 Å². The number of hydrogen-bond donors (Lipinski definition) is 2. The number of nitrogens with one attached hydrogen (secondary N) is 1. The van der Waals surface area contributed by atoms with Gasteiger partial charge in [-0.25, -0.2) is 0 Å². The molecule has 0 atom stereocenters. The number of aryl methyl sites for hydroxylation is 2. The van der Waals surface area contributed by atoms with Crippen LogP contribution in [0.25, 0.3) is 0 Å². The number of aromatic nitrogens is 3. The van der Waals surface area contributed by atoms with Gasteiger partial charge in [0.15, 0.2) is 5.16 Å². The van der Waals surface area contributed by atoms with Crippen molar-refractivity contribution in [2.45, 2.75) is 43.8 Å². The number of benzene rings is 1. The predicted molar refractivity (Wildman–Crippen MR) is 120 cm³/mol. The lowest BCUT2D eigenvalue weighted by Crippen LogP contribution is -2.20. The third-order valence-corrected chi connectivity index (χ3v) is 7.22. The Balaban J connectivity index is 1.41. The van der Waals surface area contributed by atoms with Gasteiger partial charge < -0.3 is 11.1 Å². The number of nitriles is 1. The third kappa shape index (κ3) is 4.50. The molecule has 30 heavy (non-hydrogen) atoms. The van der Waals surface area contributed by atoms with Crippen molar-refractivity contribution in [3.8, 4) is 6.07 Å². The first-order valence-corrected chi connectivity index (χ1v) is 11.7. The van der Waals surface area contributed by atoms with Gasteiger partial charge in [0, 0.05) is 10.6 Å². The number of carbonyl (C=O) groups is 1. The maximum Gasteiger partial charge on any atom is 0.245 e. The first-order valence-electron chi connectivity index (χ1n) is 9.85. The minimum Gasteiger partial charge on any atom is -0.368 e. The molecule has 1 aliphatic rings. The average Bonchev–Trinajstić information content (AvgIpc) is 3.28. The number of nitrogen functional groups attached to an aromatic ring is 1. The topological polar surface area (TPSA) is 110 Å². The van der Waals surface area contributed by atoms with E-state index >= 15 is 0 Å². The van der Waals surface area contributed by atoms with Crippen molar-refractivity contribution in [1.29, 1.82) is 5.26 Å². The summed E-state index contributed by atoms with van der Waals surface area (Å²) in [5, 5.41) is 21.8. The molecule has 0 spiro atoms. The monoisotopic (exact) mass is 438 g/mol. The summed E-state index contributed by atoms with van der Waals surface area (Å²) in [5.74, 6) is 0.778. The number of nitrogens with two attached hydrogens (primary N) is 1. The first kappa shape index (κ1) is 20.4. The van der Waals surface area contributed by atoms with Crippen molar-refractivity contribution >= 4 is 40.0 Å². The van der Waals surface area contributed by atoms with Crippen LogP contribution in [0.5, 0.6) is 0 Å². The van der Waals surface area contributed by atoms with Crippen LogP contribution in [-0.4, -0.2) is 26.4 Å². The Hall–Kier alpha value is -2.83. The van der Waals surface area contributed by atoms with Crippen molar-refractivity contribution in [3.63, 3.8) is 0 Å². The summed E-state index contributed by atoms with van der Waals surface area (Å²) in [5.41, 5.74) is 8.90. The van der Waals surface area contributed by atoms with Crippen LogP contribution in [0, 0.1) is 11.3 Å². The summed E-state index contributed by atoms with van der Waals surface area (Å²) in [6, 6.07) is 12.5. The second-order valence-electron chi connectivity index (χ2n) is 7.09. The van der Waals surface area contributed by atoms with Crippen LogP contribution < -0.4 is 11.1 Å². The van der Waals surface area contributed by atoms with Crippen LogP contribution in [-0.2, 0) is 30.6 Å². The van der Waals surface area contributed by atoms with Gasteiger partial charge in [0.25, 0.3) is 0 Å². The Kier molecular flexibility index (Phi) is 6.35. The Labute approximate surface area is 183 Å². The first-order chi connectivity index (χ1) is 14.7. The molecule has 1 aromatic carbocycles. The Morgan fingerprint density at radius 3 is 2.87 bits per heavy atom. The van der Waals surface area contributed by atoms with Gasteiger partial charge in [0.05, 0.1) is 5.56 Å². The number of fused-ring (bicyclic) bond motifs is 1. The van der Waals surface area contributed by atoms with E-state index in [1.807, 2.05) is 18.2 Å². The number of nitrogens with zero attached hydrogens (tertiary/aromatic N) is 4. The fourth-order valence-electron chi connectivity index (χ4n) is 3.54. The van der Waals surface area contributed by atoms with E-state index in [-0.39, 0.29) is 18.4 Å². The minimum absolute atomic E-state index is 0.0138. The molecule has 0 fully saturated rings. The molecule has 2 aromatic heterocycles. The van der Waals surface area contributed by atoms with E-state index in [4.69, 9.17) is 5.73 Å². The number of thiophene rings is 1. The Morgan fingerprint density at radius 2 is 2.07 bits per heavy atom. The number of rotatable bonds is 7. The number of hydrogen-bond acceptors (Lipinski definition) is 7. The highest BCUT2D eigenvalue weighted by atomic mass is 32.2. The lowest BCUT2D eigenvalue weighted by molar-refractivity contribution is -0.116. The van der Waals surface area contributed by atoms with Crippen molar-refractivity contribution in [3.05, 3.63) is 51.9 Å². The van der Waals surface area contributed by atoms with Gasteiger partial charge in [-0.05, 0) is 43.2 Å². The zero-order valence-electron chi connectivity index (χ0n) is 16.4. The number of amides is 1. The minimum atomic E-state index is -0.235. The van der Waals surface area contributed by atoms with Crippen LogP contribution in [0.4, 0.5) is 10.9 Å². The lowest BCUT2D eigenvalue weighted by Gasteiger charge is -2.09. The molecular formula is C21H22N6OS2. The van der Waals surface area contributed by atoms with Gasteiger partial charge in [0.1, 0.15) is 17.6 Å². The quantitative estimate of drug-likeness (QED) is 0.545. The molecule has 1 aliphatic carbocycles. The molecule has 9 heteroatoms. The van der Waals surface area contributed by atoms with Crippen molar-refractivity contribution in [2.24, 2.45) is 0 Å². The molecular weight excluding hydrogens is 416 g/mol. The maximum absolute atomic E-state index is 12.7. The molecule has 2 heterocycles. The second kappa shape index (κ2) is 9.32. The van der Waals surface area contributed by atoms with Crippen molar-refractivity contribution in [2.75, 3.05) is 16.8 Å².